The number of hydrogen-bond acceptors (Lipinski definition) is 3. The fourth-order valence-electron chi connectivity index (χ4n) is 2.69. The van der Waals surface area contributed by atoms with E-state index >= 15 is 0 Å². The van der Waals surface area contributed by atoms with Crippen molar-refractivity contribution >= 4 is 0 Å². The molecule has 0 saturated carbocycles. The Balaban J connectivity index is 3.04. The van der Waals surface area contributed by atoms with Crippen molar-refractivity contribution in [2.75, 3.05) is 19.8 Å². The minimum atomic E-state index is 0.159. The molecule has 2 atom stereocenters. The van der Waals surface area contributed by atoms with E-state index in [1.165, 1.54) is 22.3 Å². The van der Waals surface area contributed by atoms with Crippen LogP contribution in [0.15, 0.2) is 6.07 Å². The Morgan fingerprint density at radius 3 is 2.40 bits per heavy atom. The molecule has 0 amide bonds. The molecule has 3 heteroatoms. The van der Waals surface area contributed by atoms with Crippen molar-refractivity contribution < 1.29 is 9.84 Å². The quantitative estimate of drug-likeness (QED) is 0.807. The van der Waals surface area contributed by atoms with Gasteiger partial charge >= 0.3 is 0 Å². The van der Waals surface area contributed by atoms with E-state index < -0.39 is 0 Å². The number of rotatable bonds is 7. The highest BCUT2D eigenvalue weighted by atomic mass is 16.5. The fraction of sp³-hybridized carbons (Fsp3) is 0.647. The summed E-state index contributed by atoms with van der Waals surface area (Å²) in [5.74, 6) is 1.52. The third kappa shape index (κ3) is 3.74. The highest BCUT2D eigenvalue weighted by Gasteiger charge is 2.19. The van der Waals surface area contributed by atoms with Crippen molar-refractivity contribution in [1.82, 2.24) is 0 Å². The average Bonchev–Trinajstić information content (AvgIpc) is 2.42. The van der Waals surface area contributed by atoms with Crippen LogP contribution in [0.5, 0.6) is 5.75 Å². The van der Waals surface area contributed by atoms with Crippen LogP contribution in [0.2, 0.25) is 0 Å². The fourth-order valence-corrected chi connectivity index (χ4v) is 2.69. The van der Waals surface area contributed by atoms with Gasteiger partial charge in [0, 0.05) is 6.61 Å². The molecule has 1 rings (SSSR count). The number of aliphatic hydroxyl groups is 1. The molecule has 2 unspecified atom stereocenters. The first-order valence-corrected chi connectivity index (χ1v) is 7.49. The van der Waals surface area contributed by atoms with Gasteiger partial charge in [-0.2, -0.15) is 0 Å². The molecule has 1 aromatic rings. The molecule has 0 heterocycles. The number of aliphatic hydroxyl groups excluding tert-OH is 1. The van der Waals surface area contributed by atoms with Crippen LogP contribution in [0.1, 0.15) is 36.1 Å². The molecule has 0 aromatic heterocycles. The zero-order valence-corrected chi connectivity index (χ0v) is 13.5. The Kier molecular flexibility index (Phi) is 6.50. The van der Waals surface area contributed by atoms with Gasteiger partial charge < -0.3 is 15.6 Å². The van der Waals surface area contributed by atoms with Crippen LogP contribution in [0.25, 0.3) is 0 Å². The summed E-state index contributed by atoms with van der Waals surface area (Å²) in [6, 6.07) is 2.13. The summed E-state index contributed by atoms with van der Waals surface area (Å²) in [6.45, 7) is 12.0. The van der Waals surface area contributed by atoms with Crippen LogP contribution in [0.3, 0.4) is 0 Å². The first-order chi connectivity index (χ1) is 9.46. The molecule has 0 bridgehead atoms. The van der Waals surface area contributed by atoms with E-state index in [2.05, 4.69) is 33.8 Å². The Morgan fingerprint density at radius 1 is 1.25 bits per heavy atom. The molecule has 0 spiro atoms. The zero-order chi connectivity index (χ0) is 15.3. The van der Waals surface area contributed by atoms with E-state index in [1.807, 2.05) is 6.92 Å². The topological polar surface area (TPSA) is 55.5 Å². The number of nitrogens with two attached hydrogens (primary N) is 1. The van der Waals surface area contributed by atoms with Gasteiger partial charge in [0.05, 0.1) is 6.61 Å². The molecule has 0 aliphatic carbocycles. The van der Waals surface area contributed by atoms with Gasteiger partial charge in [-0.3, -0.25) is 0 Å². The van der Waals surface area contributed by atoms with Crippen LogP contribution in [-0.2, 0) is 6.42 Å². The van der Waals surface area contributed by atoms with Gasteiger partial charge in [0.2, 0.25) is 0 Å². The molecular formula is C17H29NO2. The number of benzene rings is 1. The van der Waals surface area contributed by atoms with Crippen molar-refractivity contribution in [2.45, 2.75) is 41.0 Å². The first kappa shape index (κ1) is 17.0. The Labute approximate surface area is 123 Å². The lowest BCUT2D eigenvalue weighted by Crippen LogP contribution is -2.26. The average molecular weight is 279 g/mol. The van der Waals surface area contributed by atoms with Crippen molar-refractivity contribution in [3.63, 3.8) is 0 Å². The van der Waals surface area contributed by atoms with Gasteiger partial charge in [-0.15, -0.1) is 0 Å². The second-order valence-electron chi connectivity index (χ2n) is 5.71. The molecule has 114 valence electrons. The number of hydrogen-bond donors (Lipinski definition) is 2. The standard InChI is InChI=1S/C17H29NO2/c1-6-20-17-8-12(3)16(13(4)14(17)5)7-11(2)15(9-18)10-19/h8,11,15,19H,6-7,9-10,18H2,1-5H3. The summed E-state index contributed by atoms with van der Waals surface area (Å²) in [6.07, 6.45) is 0.952. The van der Waals surface area contributed by atoms with Crippen LogP contribution in [0, 0.1) is 32.6 Å². The van der Waals surface area contributed by atoms with Crippen LogP contribution in [-0.4, -0.2) is 24.9 Å². The lowest BCUT2D eigenvalue weighted by atomic mass is 9.84. The van der Waals surface area contributed by atoms with Crippen LogP contribution >= 0.6 is 0 Å². The van der Waals surface area contributed by atoms with Crippen LogP contribution < -0.4 is 10.5 Å². The predicted molar refractivity (Wildman–Crippen MR) is 84.3 cm³/mol. The molecule has 20 heavy (non-hydrogen) atoms. The van der Waals surface area contributed by atoms with E-state index in [9.17, 15) is 5.11 Å². The van der Waals surface area contributed by atoms with E-state index in [1.54, 1.807) is 0 Å². The highest BCUT2D eigenvalue weighted by molar-refractivity contribution is 5.48. The van der Waals surface area contributed by atoms with Gasteiger partial charge in [0.15, 0.2) is 0 Å². The molecule has 3 N–H and O–H groups in total. The zero-order valence-electron chi connectivity index (χ0n) is 13.5. The highest BCUT2D eigenvalue weighted by Crippen LogP contribution is 2.30. The number of ether oxygens (including phenoxy) is 1. The second kappa shape index (κ2) is 7.65. The van der Waals surface area contributed by atoms with E-state index in [0.717, 1.165) is 12.2 Å². The van der Waals surface area contributed by atoms with Gasteiger partial charge in [0.1, 0.15) is 5.75 Å². The second-order valence-corrected chi connectivity index (χ2v) is 5.71. The molecule has 0 saturated heterocycles. The van der Waals surface area contributed by atoms with Crippen molar-refractivity contribution in [3.8, 4) is 5.75 Å². The summed E-state index contributed by atoms with van der Waals surface area (Å²) in [4.78, 5) is 0. The molecule has 0 radical (unpaired) electrons. The molecule has 3 nitrogen and oxygen atoms in total. The van der Waals surface area contributed by atoms with Gasteiger partial charge in [-0.25, -0.2) is 0 Å². The molecule has 0 aliphatic heterocycles. The molecule has 1 aromatic carbocycles. The smallest absolute Gasteiger partial charge is 0.122 e. The maximum Gasteiger partial charge on any atom is 0.122 e. The first-order valence-electron chi connectivity index (χ1n) is 7.49. The largest absolute Gasteiger partial charge is 0.494 e. The third-order valence-electron chi connectivity index (χ3n) is 4.38. The Bertz CT molecular complexity index is 439. The van der Waals surface area contributed by atoms with E-state index in [-0.39, 0.29) is 12.5 Å². The SMILES string of the molecule is CCOc1cc(C)c(CC(C)C(CN)CO)c(C)c1C. The third-order valence-corrected chi connectivity index (χ3v) is 4.38. The summed E-state index contributed by atoms with van der Waals surface area (Å²) in [5.41, 5.74) is 10.9. The Hall–Kier alpha value is -1.06. The van der Waals surface area contributed by atoms with E-state index in [4.69, 9.17) is 10.5 Å². The minimum Gasteiger partial charge on any atom is -0.494 e. The van der Waals surface area contributed by atoms with Crippen molar-refractivity contribution in [3.05, 3.63) is 28.3 Å². The number of aryl methyl sites for hydroxylation is 1. The summed E-state index contributed by atoms with van der Waals surface area (Å²) >= 11 is 0. The summed E-state index contributed by atoms with van der Waals surface area (Å²) in [5, 5.41) is 9.38. The van der Waals surface area contributed by atoms with E-state index in [0.29, 0.717) is 19.1 Å². The Morgan fingerprint density at radius 2 is 1.90 bits per heavy atom. The molecule has 0 fully saturated rings. The molecule has 0 aliphatic rings. The van der Waals surface area contributed by atoms with Gasteiger partial charge in [0.25, 0.3) is 0 Å². The monoisotopic (exact) mass is 279 g/mol. The van der Waals surface area contributed by atoms with Crippen molar-refractivity contribution in [1.29, 1.82) is 0 Å². The predicted octanol–water partition coefficient (Wildman–Crippen LogP) is 2.76. The van der Waals surface area contributed by atoms with Gasteiger partial charge in [-0.1, -0.05) is 6.92 Å². The lowest BCUT2D eigenvalue weighted by Gasteiger charge is -2.24. The van der Waals surface area contributed by atoms with Crippen molar-refractivity contribution in [2.24, 2.45) is 17.6 Å². The lowest BCUT2D eigenvalue weighted by molar-refractivity contribution is 0.187. The normalized spacial score (nSPS) is 14.2. The van der Waals surface area contributed by atoms with Gasteiger partial charge in [-0.05, 0) is 80.8 Å². The summed E-state index contributed by atoms with van der Waals surface area (Å²) in [7, 11) is 0. The maximum absolute atomic E-state index is 9.38. The maximum atomic E-state index is 9.38. The van der Waals surface area contributed by atoms with Crippen LogP contribution in [0.4, 0.5) is 0 Å². The minimum absolute atomic E-state index is 0.159. The summed E-state index contributed by atoms with van der Waals surface area (Å²) < 4.78 is 5.69. The molecular weight excluding hydrogens is 250 g/mol.